The van der Waals surface area contributed by atoms with Gasteiger partial charge < -0.3 is 4.52 Å². The predicted molar refractivity (Wildman–Crippen MR) is 111 cm³/mol. The third-order valence-corrected chi connectivity index (χ3v) is 5.91. The highest BCUT2D eigenvalue weighted by molar-refractivity contribution is 5.62. The number of nitro groups is 1. The molecular weight excluding hydrogens is 366 g/mol. The second-order valence-electron chi connectivity index (χ2n) is 7.86. The van der Waals surface area contributed by atoms with Gasteiger partial charge in [0.05, 0.1) is 4.92 Å². The van der Waals surface area contributed by atoms with E-state index in [2.05, 4.69) is 29.2 Å². The summed E-state index contributed by atoms with van der Waals surface area (Å²) in [5.74, 6) is 2.32. The molecule has 2 aromatic carbocycles. The number of aromatic nitrogens is 2. The SMILES string of the molecule is CCCC1CCC(c2ccc(-c3noc(-c4cccc([N+](=O)[O-])c4)n3)cc2)CC1. The summed E-state index contributed by atoms with van der Waals surface area (Å²) in [5.41, 5.74) is 2.80. The van der Waals surface area contributed by atoms with Gasteiger partial charge in [-0.25, -0.2) is 0 Å². The summed E-state index contributed by atoms with van der Waals surface area (Å²) in [7, 11) is 0. The lowest BCUT2D eigenvalue weighted by Crippen LogP contribution is -2.13. The molecule has 1 fully saturated rings. The summed E-state index contributed by atoms with van der Waals surface area (Å²) in [5, 5.41) is 15.0. The minimum absolute atomic E-state index is 0.000241. The van der Waals surface area contributed by atoms with Crippen LogP contribution < -0.4 is 0 Å². The third-order valence-electron chi connectivity index (χ3n) is 5.91. The van der Waals surface area contributed by atoms with Crippen LogP contribution in [-0.2, 0) is 0 Å². The average Bonchev–Trinajstić information content (AvgIpc) is 3.25. The standard InChI is InChI=1S/C23H25N3O3/c1-2-4-16-7-9-17(10-8-16)18-11-13-19(14-12-18)22-24-23(29-25-22)20-5-3-6-21(15-20)26(27)28/h3,5-6,11-17H,2,4,7-10H2,1H3. The molecule has 1 saturated carbocycles. The third kappa shape index (κ3) is 4.36. The molecule has 0 aliphatic heterocycles. The molecule has 0 N–H and O–H groups in total. The van der Waals surface area contributed by atoms with Crippen molar-refractivity contribution in [3.8, 4) is 22.8 Å². The molecule has 1 aromatic heterocycles. The van der Waals surface area contributed by atoms with Crippen molar-refractivity contribution in [3.63, 3.8) is 0 Å². The lowest BCUT2D eigenvalue weighted by molar-refractivity contribution is -0.384. The maximum absolute atomic E-state index is 11.0. The predicted octanol–water partition coefficient (Wildman–Crippen LogP) is 6.39. The molecule has 0 radical (unpaired) electrons. The van der Waals surface area contributed by atoms with Crippen LogP contribution in [0, 0.1) is 16.0 Å². The van der Waals surface area contributed by atoms with Crippen molar-refractivity contribution >= 4 is 5.69 Å². The molecule has 4 rings (SSSR count). The van der Waals surface area contributed by atoms with Gasteiger partial charge in [0.25, 0.3) is 11.6 Å². The molecule has 1 heterocycles. The van der Waals surface area contributed by atoms with E-state index in [4.69, 9.17) is 4.52 Å². The Labute approximate surface area is 170 Å². The van der Waals surface area contributed by atoms with E-state index in [1.807, 2.05) is 12.1 Å². The van der Waals surface area contributed by atoms with Crippen molar-refractivity contribution in [1.29, 1.82) is 0 Å². The van der Waals surface area contributed by atoms with E-state index >= 15 is 0 Å². The van der Waals surface area contributed by atoms with Crippen molar-refractivity contribution in [3.05, 3.63) is 64.2 Å². The molecule has 6 heteroatoms. The number of hydrogen-bond donors (Lipinski definition) is 0. The molecule has 1 aliphatic rings. The largest absolute Gasteiger partial charge is 0.334 e. The van der Waals surface area contributed by atoms with E-state index in [0.717, 1.165) is 11.5 Å². The van der Waals surface area contributed by atoms with E-state index in [1.165, 1.54) is 56.2 Å². The zero-order valence-corrected chi connectivity index (χ0v) is 16.6. The Bertz CT molecular complexity index is 973. The first-order valence-electron chi connectivity index (χ1n) is 10.3. The molecule has 0 spiro atoms. The van der Waals surface area contributed by atoms with Crippen LogP contribution in [0.25, 0.3) is 22.8 Å². The van der Waals surface area contributed by atoms with E-state index in [9.17, 15) is 10.1 Å². The molecule has 3 aromatic rings. The van der Waals surface area contributed by atoms with Gasteiger partial charge in [-0.05, 0) is 49.1 Å². The molecule has 0 unspecified atom stereocenters. The number of non-ortho nitro benzene ring substituents is 1. The number of benzene rings is 2. The molecule has 0 saturated heterocycles. The Kier molecular flexibility index (Phi) is 5.69. The van der Waals surface area contributed by atoms with Gasteiger partial charge in [-0.1, -0.05) is 55.3 Å². The number of hydrogen-bond acceptors (Lipinski definition) is 5. The van der Waals surface area contributed by atoms with Crippen LogP contribution in [0.2, 0.25) is 0 Å². The van der Waals surface area contributed by atoms with Gasteiger partial charge >= 0.3 is 0 Å². The van der Waals surface area contributed by atoms with Crippen molar-refractivity contribution in [2.45, 2.75) is 51.4 Å². The summed E-state index contributed by atoms with van der Waals surface area (Å²) < 4.78 is 5.34. The highest BCUT2D eigenvalue weighted by Gasteiger charge is 2.22. The van der Waals surface area contributed by atoms with Crippen LogP contribution in [0.5, 0.6) is 0 Å². The van der Waals surface area contributed by atoms with Crippen molar-refractivity contribution in [2.24, 2.45) is 5.92 Å². The van der Waals surface area contributed by atoms with Crippen LogP contribution in [0.3, 0.4) is 0 Å². The number of rotatable bonds is 6. The van der Waals surface area contributed by atoms with Crippen molar-refractivity contribution in [1.82, 2.24) is 10.1 Å². The van der Waals surface area contributed by atoms with E-state index < -0.39 is 4.92 Å². The maximum Gasteiger partial charge on any atom is 0.270 e. The van der Waals surface area contributed by atoms with Crippen LogP contribution in [0.4, 0.5) is 5.69 Å². The first-order valence-corrected chi connectivity index (χ1v) is 10.3. The Morgan fingerprint density at radius 1 is 1.07 bits per heavy atom. The molecule has 0 bridgehead atoms. The van der Waals surface area contributed by atoms with Crippen LogP contribution in [0.15, 0.2) is 53.1 Å². The maximum atomic E-state index is 11.0. The molecule has 29 heavy (non-hydrogen) atoms. The smallest absolute Gasteiger partial charge is 0.270 e. The zero-order chi connectivity index (χ0) is 20.2. The summed E-state index contributed by atoms with van der Waals surface area (Å²) >= 11 is 0. The highest BCUT2D eigenvalue weighted by Crippen LogP contribution is 2.38. The molecule has 0 amide bonds. The van der Waals surface area contributed by atoms with Gasteiger partial charge in [0.1, 0.15) is 0 Å². The Balaban J connectivity index is 1.46. The van der Waals surface area contributed by atoms with E-state index in [1.54, 1.807) is 12.1 Å². The van der Waals surface area contributed by atoms with Crippen LogP contribution >= 0.6 is 0 Å². The summed E-state index contributed by atoms with van der Waals surface area (Å²) in [6, 6.07) is 14.6. The molecular formula is C23H25N3O3. The topological polar surface area (TPSA) is 82.1 Å². The minimum Gasteiger partial charge on any atom is -0.334 e. The first-order chi connectivity index (χ1) is 14.1. The van der Waals surface area contributed by atoms with Gasteiger partial charge in [-0.2, -0.15) is 4.98 Å². The molecule has 6 nitrogen and oxygen atoms in total. The fourth-order valence-electron chi connectivity index (χ4n) is 4.31. The van der Waals surface area contributed by atoms with Crippen molar-refractivity contribution < 1.29 is 9.45 Å². The molecule has 150 valence electrons. The summed E-state index contributed by atoms with van der Waals surface area (Å²) in [6.45, 7) is 2.27. The van der Waals surface area contributed by atoms with E-state index in [-0.39, 0.29) is 11.6 Å². The summed E-state index contributed by atoms with van der Waals surface area (Å²) in [6.07, 6.45) is 7.84. The van der Waals surface area contributed by atoms with Gasteiger partial charge in [0, 0.05) is 23.3 Å². The summed E-state index contributed by atoms with van der Waals surface area (Å²) in [4.78, 5) is 15.0. The van der Waals surface area contributed by atoms with Gasteiger partial charge in [0.15, 0.2) is 0 Å². The van der Waals surface area contributed by atoms with Gasteiger partial charge in [0.2, 0.25) is 5.82 Å². The second-order valence-corrected chi connectivity index (χ2v) is 7.86. The monoisotopic (exact) mass is 391 g/mol. The zero-order valence-electron chi connectivity index (χ0n) is 16.6. The van der Waals surface area contributed by atoms with Gasteiger partial charge in [-0.15, -0.1) is 0 Å². The fraction of sp³-hybridized carbons (Fsp3) is 0.391. The van der Waals surface area contributed by atoms with E-state index in [0.29, 0.717) is 17.3 Å². The molecule has 1 aliphatic carbocycles. The first kappa shape index (κ1) is 19.3. The van der Waals surface area contributed by atoms with Crippen LogP contribution in [-0.4, -0.2) is 15.1 Å². The van der Waals surface area contributed by atoms with Gasteiger partial charge in [-0.3, -0.25) is 10.1 Å². The average molecular weight is 391 g/mol. The molecule has 0 atom stereocenters. The lowest BCUT2D eigenvalue weighted by Gasteiger charge is -2.28. The quantitative estimate of drug-likeness (QED) is 0.359. The number of nitro benzene ring substituents is 1. The highest BCUT2D eigenvalue weighted by atomic mass is 16.6. The minimum atomic E-state index is -0.435. The number of nitrogens with zero attached hydrogens (tertiary/aromatic N) is 3. The second kappa shape index (κ2) is 8.55. The normalized spacial score (nSPS) is 19.2. The Hall–Kier alpha value is -3.02. The van der Waals surface area contributed by atoms with Crippen molar-refractivity contribution in [2.75, 3.05) is 0 Å². The Morgan fingerprint density at radius 3 is 2.52 bits per heavy atom. The fourth-order valence-corrected chi connectivity index (χ4v) is 4.31. The van der Waals surface area contributed by atoms with Crippen LogP contribution in [0.1, 0.15) is 56.9 Å². The Morgan fingerprint density at radius 2 is 1.83 bits per heavy atom. The lowest BCUT2D eigenvalue weighted by atomic mass is 9.77.